The first kappa shape index (κ1) is 19.9. The van der Waals surface area contributed by atoms with Gasteiger partial charge < -0.3 is 15.7 Å². The van der Waals surface area contributed by atoms with E-state index in [0.717, 1.165) is 12.8 Å². The van der Waals surface area contributed by atoms with Crippen LogP contribution in [-0.2, 0) is 9.59 Å². The lowest BCUT2D eigenvalue weighted by Crippen LogP contribution is -2.44. The summed E-state index contributed by atoms with van der Waals surface area (Å²) in [6.07, 6.45) is 11.5. The van der Waals surface area contributed by atoms with Gasteiger partial charge in [-0.3, -0.25) is 9.59 Å². The maximum atomic E-state index is 11.6. The molecule has 1 amide bonds. The molecule has 3 N–H and O–H groups in total. The van der Waals surface area contributed by atoms with Crippen LogP contribution in [0, 0.1) is 0 Å². The lowest BCUT2D eigenvalue weighted by atomic mass is 10.1. The molecule has 0 bridgehead atoms. The molecule has 0 unspecified atom stereocenters. The number of unbranched alkanes of at least 4 members (excludes halogenated alkanes) is 8. The normalized spacial score (nSPS) is 12.1. The van der Waals surface area contributed by atoms with Gasteiger partial charge in [0.1, 0.15) is 6.04 Å². The summed E-state index contributed by atoms with van der Waals surface area (Å²) in [6, 6.07) is -0.711. The first-order chi connectivity index (χ1) is 10.1. The second-order valence-electron chi connectivity index (χ2n) is 5.56. The van der Waals surface area contributed by atoms with Crippen molar-refractivity contribution in [2.24, 2.45) is 0 Å². The van der Waals surface area contributed by atoms with Gasteiger partial charge in [-0.05, 0) is 13.5 Å². The van der Waals surface area contributed by atoms with Gasteiger partial charge >= 0.3 is 5.97 Å². The molecule has 0 rings (SSSR count). The zero-order valence-corrected chi connectivity index (χ0v) is 13.6. The molecule has 0 aliphatic rings. The van der Waals surface area contributed by atoms with Crippen LogP contribution in [0.4, 0.5) is 0 Å². The van der Waals surface area contributed by atoms with E-state index >= 15 is 0 Å². The minimum absolute atomic E-state index is 0.0561. The number of hydrogen-bond donors (Lipinski definition) is 3. The molecule has 0 aliphatic carbocycles. The van der Waals surface area contributed by atoms with Crippen molar-refractivity contribution in [3.63, 3.8) is 0 Å². The fraction of sp³-hybridized carbons (Fsp3) is 0.875. The molecule has 0 heterocycles. The molecule has 0 aromatic carbocycles. The van der Waals surface area contributed by atoms with Gasteiger partial charge in [0.05, 0.1) is 0 Å². The van der Waals surface area contributed by atoms with Crippen molar-refractivity contribution in [2.75, 3.05) is 13.6 Å². The molecule has 0 radical (unpaired) electrons. The van der Waals surface area contributed by atoms with E-state index < -0.39 is 12.0 Å². The topological polar surface area (TPSA) is 78.4 Å². The van der Waals surface area contributed by atoms with Gasteiger partial charge in [0, 0.05) is 13.0 Å². The van der Waals surface area contributed by atoms with Crippen LogP contribution in [0.1, 0.15) is 71.1 Å². The van der Waals surface area contributed by atoms with E-state index in [1.807, 2.05) is 0 Å². The third kappa shape index (κ3) is 12.4. The smallest absolute Gasteiger partial charge is 0.322 e. The fourth-order valence-corrected chi connectivity index (χ4v) is 2.21. The zero-order chi connectivity index (χ0) is 15.9. The summed E-state index contributed by atoms with van der Waals surface area (Å²) >= 11 is 0. The number of aliphatic carboxylic acids is 1. The Balaban J connectivity index is 3.39. The number of nitrogens with one attached hydrogen (secondary N) is 2. The number of carbonyl (C=O) groups is 2. The summed E-state index contributed by atoms with van der Waals surface area (Å²) in [4.78, 5) is 22.3. The van der Waals surface area contributed by atoms with E-state index in [0.29, 0.717) is 6.42 Å². The average Bonchev–Trinajstić information content (AvgIpc) is 2.45. The molecule has 5 heteroatoms. The molecule has 0 aliphatic heterocycles. The van der Waals surface area contributed by atoms with Crippen molar-refractivity contribution in [1.82, 2.24) is 10.6 Å². The standard InChI is InChI=1S/C16H32N2O3/c1-3-4-5-6-7-8-9-10-11-12-15(19)18-13-14(17-2)16(20)21/h14,17H,3-13H2,1-2H3,(H,18,19)(H,20,21)/t14-/m0/s1. The molecule has 0 aromatic heterocycles. The molecule has 0 spiro atoms. The maximum Gasteiger partial charge on any atom is 0.322 e. The predicted molar refractivity (Wildman–Crippen MR) is 85.3 cm³/mol. The third-order valence-corrected chi connectivity index (χ3v) is 3.66. The summed E-state index contributed by atoms with van der Waals surface area (Å²) in [6.45, 7) is 2.36. The first-order valence-corrected chi connectivity index (χ1v) is 8.28. The number of carboxylic acid groups (broad SMARTS) is 1. The minimum atomic E-state index is -0.944. The Morgan fingerprint density at radius 1 is 0.952 bits per heavy atom. The zero-order valence-electron chi connectivity index (χ0n) is 13.6. The van der Waals surface area contributed by atoms with E-state index in [1.165, 1.54) is 44.9 Å². The first-order valence-electron chi connectivity index (χ1n) is 8.28. The summed E-state index contributed by atoms with van der Waals surface area (Å²) in [7, 11) is 1.57. The number of carboxylic acids is 1. The lowest BCUT2D eigenvalue weighted by Gasteiger charge is -2.12. The Kier molecular flexibility index (Phi) is 13.1. The van der Waals surface area contributed by atoms with Gasteiger partial charge in [0.2, 0.25) is 5.91 Å². The highest BCUT2D eigenvalue weighted by Crippen LogP contribution is 2.10. The van der Waals surface area contributed by atoms with Crippen molar-refractivity contribution in [2.45, 2.75) is 77.2 Å². The Morgan fingerprint density at radius 2 is 1.48 bits per heavy atom. The quantitative estimate of drug-likeness (QED) is 0.431. The van der Waals surface area contributed by atoms with Crippen LogP contribution in [0.5, 0.6) is 0 Å². The van der Waals surface area contributed by atoms with Gasteiger partial charge in [-0.1, -0.05) is 58.3 Å². The SMILES string of the molecule is CCCCCCCCCCCC(=O)NC[C@H](NC)C(=O)O. The second kappa shape index (κ2) is 13.9. The number of likely N-dealkylation sites (N-methyl/N-ethyl adjacent to an activating group) is 1. The summed E-state index contributed by atoms with van der Waals surface area (Å²) in [5.41, 5.74) is 0. The molecular formula is C16H32N2O3. The van der Waals surface area contributed by atoms with Crippen LogP contribution in [0.15, 0.2) is 0 Å². The molecule has 124 valence electrons. The molecule has 0 aromatic rings. The maximum absolute atomic E-state index is 11.6. The third-order valence-electron chi connectivity index (χ3n) is 3.66. The van der Waals surface area contributed by atoms with Crippen LogP contribution in [0.3, 0.4) is 0 Å². The summed E-state index contributed by atoms with van der Waals surface area (Å²) < 4.78 is 0. The molecule has 0 saturated carbocycles. The fourth-order valence-electron chi connectivity index (χ4n) is 2.21. The molecule has 21 heavy (non-hydrogen) atoms. The highest BCUT2D eigenvalue weighted by atomic mass is 16.4. The summed E-state index contributed by atoms with van der Waals surface area (Å²) in [5.74, 6) is -1.000. The van der Waals surface area contributed by atoms with Crippen molar-refractivity contribution in [3.05, 3.63) is 0 Å². The van der Waals surface area contributed by atoms with E-state index in [9.17, 15) is 9.59 Å². The van der Waals surface area contributed by atoms with Gasteiger partial charge in [-0.2, -0.15) is 0 Å². The Morgan fingerprint density at radius 3 is 1.95 bits per heavy atom. The monoisotopic (exact) mass is 300 g/mol. The lowest BCUT2D eigenvalue weighted by molar-refractivity contribution is -0.139. The van der Waals surface area contributed by atoms with Crippen LogP contribution in [-0.4, -0.2) is 36.6 Å². The van der Waals surface area contributed by atoms with Gasteiger partial charge in [0.25, 0.3) is 0 Å². The van der Waals surface area contributed by atoms with Crippen LogP contribution in [0.2, 0.25) is 0 Å². The number of amides is 1. The van der Waals surface area contributed by atoms with Crippen molar-refractivity contribution < 1.29 is 14.7 Å². The van der Waals surface area contributed by atoms with E-state index in [1.54, 1.807) is 7.05 Å². The van der Waals surface area contributed by atoms with Gasteiger partial charge in [0.15, 0.2) is 0 Å². The van der Waals surface area contributed by atoms with Gasteiger partial charge in [-0.15, -0.1) is 0 Å². The van der Waals surface area contributed by atoms with Crippen molar-refractivity contribution >= 4 is 11.9 Å². The van der Waals surface area contributed by atoms with E-state index in [-0.39, 0.29) is 12.5 Å². The van der Waals surface area contributed by atoms with Crippen molar-refractivity contribution in [1.29, 1.82) is 0 Å². The predicted octanol–water partition coefficient (Wildman–Crippen LogP) is 2.70. The highest BCUT2D eigenvalue weighted by Gasteiger charge is 2.15. The van der Waals surface area contributed by atoms with Crippen LogP contribution < -0.4 is 10.6 Å². The molecule has 0 fully saturated rings. The average molecular weight is 300 g/mol. The minimum Gasteiger partial charge on any atom is -0.480 e. The Bertz CT molecular complexity index is 283. The van der Waals surface area contributed by atoms with Gasteiger partial charge in [-0.25, -0.2) is 0 Å². The molecule has 0 saturated heterocycles. The van der Waals surface area contributed by atoms with Crippen LogP contribution >= 0.6 is 0 Å². The van der Waals surface area contributed by atoms with Crippen LogP contribution in [0.25, 0.3) is 0 Å². The Labute approximate surface area is 128 Å². The molecule has 5 nitrogen and oxygen atoms in total. The second-order valence-corrected chi connectivity index (χ2v) is 5.56. The van der Waals surface area contributed by atoms with E-state index in [2.05, 4.69) is 17.6 Å². The highest BCUT2D eigenvalue weighted by molar-refractivity contribution is 5.78. The van der Waals surface area contributed by atoms with Crippen molar-refractivity contribution in [3.8, 4) is 0 Å². The summed E-state index contributed by atoms with van der Waals surface area (Å²) in [5, 5.41) is 14.1. The molecular weight excluding hydrogens is 268 g/mol. The van der Waals surface area contributed by atoms with E-state index in [4.69, 9.17) is 5.11 Å². The molecule has 1 atom stereocenters. The largest absolute Gasteiger partial charge is 0.480 e. The number of hydrogen-bond acceptors (Lipinski definition) is 3. The number of rotatable bonds is 14. The number of carbonyl (C=O) groups excluding carboxylic acids is 1. The Hall–Kier alpha value is -1.10.